The largest absolute Gasteiger partial charge is 0.487 e. The third kappa shape index (κ3) is 3.69. The zero-order valence-corrected chi connectivity index (χ0v) is 15.5. The van der Waals surface area contributed by atoms with Gasteiger partial charge in [0.1, 0.15) is 23.7 Å². The minimum atomic E-state index is -0.0180. The Kier molecular flexibility index (Phi) is 4.62. The van der Waals surface area contributed by atoms with Crippen molar-refractivity contribution in [2.45, 2.75) is 39.6 Å². The van der Waals surface area contributed by atoms with Crippen LogP contribution >= 0.6 is 0 Å². The topological polar surface area (TPSA) is 60.3 Å². The van der Waals surface area contributed by atoms with Gasteiger partial charge in [0.15, 0.2) is 0 Å². The van der Waals surface area contributed by atoms with E-state index in [4.69, 9.17) is 4.74 Å². The van der Waals surface area contributed by atoms with Gasteiger partial charge in [-0.05, 0) is 44.2 Å². The monoisotopic (exact) mass is 362 g/mol. The Hall–Kier alpha value is -3.15. The number of para-hydroxylation sites is 1. The van der Waals surface area contributed by atoms with Crippen molar-refractivity contribution in [3.63, 3.8) is 0 Å². The molecular formula is C21H22N4O2. The summed E-state index contributed by atoms with van der Waals surface area (Å²) < 4.78 is 7.55. The van der Waals surface area contributed by atoms with E-state index in [-0.39, 0.29) is 11.9 Å². The first kappa shape index (κ1) is 17.3. The summed E-state index contributed by atoms with van der Waals surface area (Å²) in [6.07, 6.45) is 0. The molecule has 0 radical (unpaired) electrons. The van der Waals surface area contributed by atoms with Crippen LogP contribution in [0.4, 0.5) is 0 Å². The molecule has 6 nitrogen and oxygen atoms in total. The number of aromatic nitrogens is 3. The van der Waals surface area contributed by atoms with Gasteiger partial charge >= 0.3 is 0 Å². The van der Waals surface area contributed by atoms with Crippen LogP contribution < -0.4 is 4.74 Å². The summed E-state index contributed by atoms with van der Waals surface area (Å²) in [5.41, 5.74) is 3.21. The molecule has 1 atom stereocenters. The van der Waals surface area contributed by atoms with E-state index >= 15 is 0 Å². The first-order valence-electron chi connectivity index (χ1n) is 9.08. The Morgan fingerprint density at radius 2 is 1.93 bits per heavy atom. The molecule has 0 N–H and O–H groups in total. The van der Waals surface area contributed by atoms with Crippen molar-refractivity contribution in [3.05, 3.63) is 77.4 Å². The van der Waals surface area contributed by atoms with Crippen molar-refractivity contribution in [1.29, 1.82) is 0 Å². The second kappa shape index (κ2) is 7.23. The number of hydrogen-bond acceptors (Lipinski definition) is 4. The van der Waals surface area contributed by atoms with Gasteiger partial charge in [0.05, 0.1) is 18.8 Å². The highest BCUT2D eigenvalue weighted by Crippen LogP contribution is 2.21. The van der Waals surface area contributed by atoms with Crippen LogP contribution in [0.25, 0.3) is 0 Å². The molecule has 1 aromatic carbocycles. The van der Waals surface area contributed by atoms with E-state index < -0.39 is 0 Å². The minimum absolute atomic E-state index is 0.0180. The fourth-order valence-corrected chi connectivity index (χ4v) is 3.31. The summed E-state index contributed by atoms with van der Waals surface area (Å²) in [7, 11) is 0. The molecule has 1 unspecified atom stereocenters. The number of fused-ring (bicyclic) bond motifs is 1. The highest BCUT2D eigenvalue weighted by atomic mass is 16.5. The van der Waals surface area contributed by atoms with E-state index in [9.17, 15) is 4.79 Å². The number of pyridine rings is 1. The van der Waals surface area contributed by atoms with E-state index in [1.807, 2.05) is 73.3 Å². The lowest BCUT2D eigenvalue weighted by atomic mass is 10.1. The maximum atomic E-state index is 13.0. The Morgan fingerprint density at radius 3 is 2.70 bits per heavy atom. The van der Waals surface area contributed by atoms with Gasteiger partial charge in [0.25, 0.3) is 5.91 Å². The third-order valence-corrected chi connectivity index (χ3v) is 4.69. The van der Waals surface area contributed by atoms with Gasteiger partial charge in [-0.15, -0.1) is 0 Å². The molecule has 0 fully saturated rings. The molecule has 1 aliphatic rings. The van der Waals surface area contributed by atoms with Crippen LogP contribution in [0.5, 0.6) is 5.75 Å². The van der Waals surface area contributed by atoms with Crippen LogP contribution in [0.3, 0.4) is 0 Å². The van der Waals surface area contributed by atoms with Crippen LogP contribution in [0.15, 0.2) is 54.6 Å². The number of carbonyl (C=O) groups is 1. The average Bonchev–Trinajstić information content (AvgIpc) is 3.07. The Balaban J connectivity index is 1.50. The molecule has 1 amide bonds. The lowest BCUT2D eigenvalue weighted by molar-refractivity contribution is 0.0581. The zero-order valence-electron chi connectivity index (χ0n) is 15.5. The summed E-state index contributed by atoms with van der Waals surface area (Å²) in [4.78, 5) is 19.4. The number of nitrogens with zero attached hydrogens (tertiary/aromatic N) is 4. The second-order valence-electron chi connectivity index (χ2n) is 6.86. The number of benzene rings is 1. The molecule has 0 spiro atoms. The van der Waals surface area contributed by atoms with E-state index in [0.29, 0.717) is 25.4 Å². The van der Waals surface area contributed by atoms with Crippen molar-refractivity contribution in [1.82, 2.24) is 19.7 Å². The number of rotatable bonds is 5. The smallest absolute Gasteiger partial charge is 0.272 e. The van der Waals surface area contributed by atoms with Crippen LogP contribution in [-0.4, -0.2) is 31.6 Å². The molecule has 0 saturated carbocycles. The molecule has 0 saturated heterocycles. The van der Waals surface area contributed by atoms with Crippen LogP contribution in [-0.2, 0) is 19.7 Å². The molecule has 2 aromatic heterocycles. The highest BCUT2D eigenvalue weighted by molar-refractivity contribution is 5.93. The predicted molar refractivity (Wildman–Crippen MR) is 101 cm³/mol. The molecule has 27 heavy (non-hydrogen) atoms. The molecule has 4 rings (SSSR count). The number of amides is 1. The normalized spacial score (nSPS) is 16.3. The van der Waals surface area contributed by atoms with Crippen molar-refractivity contribution >= 4 is 5.91 Å². The summed E-state index contributed by atoms with van der Waals surface area (Å²) in [6.45, 7) is 5.50. The van der Waals surface area contributed by atoms with E-state index in [1.54, 1.807) is 4.68 Å². The van der Waals surface area contributed by atoms with Gasteiger partial charge in [-0.2, -0.15) is 5.10 Å². The molecule has 1 aliphatic heterocycles. The summed E-state index contributed by atoms with van der Waals surface area (Å²) in [5, 5.41) is 4.55. The zero-order chi connectivity index (χ0) is 18.8. The van der Waals surface area contributed by atoms with Crippen LogP contribution in [0.2, 0.25) is 0 Å². The second-order valence-corrected chi connectivity index (χ2v) is 6.86. The highest BCUT2D eigenvalue weighted by Gasteiger charge is 2.31. The Morgan fingerprint density at radius 1 is 1.11 bits per heavy atom. The third-order valence-electron chi connectivity index (χ3n) is 4.69. The minimum Gasteiger partial charge on any atom is -0.487 e. The molecule has 3 aromatic rings. The van der Waals surface area contributed by atoms with E-state index in [1.165, 1.54) is 0 Å². The Bertz CT molecular complexity index is 952. The fraction of sp³-hybridized carbons (Fsp3) is 0.286. The number of hydrogen-bond donors (Lipinski definition) is 0. The van der Waals surface area contributed by atoms with Gasteiger partial charge in [-0.1, -0.05) is 24.3 Å². The quantitative estimate of drug-likeness (QED) is 0.699. The average molecular weight is 362 g/mol. The first-order chi connectivity index (χ1) is 13.1. The van der Waals surface area contributed by atoms with Gasteiger partial charge in [-0.3, -0.25) is 14.5 Å². The first-order valence-corrected chi connectivity index (χ1v) is 9.08. The molecule has 138 valence electrons. The van der Waals surface area contributed by atoms with Crippen molar-refractivity contribution in [3.8, 4) is 5.75 Å². The Labute approximate surface area is 158 Å². The molecule has 0 aliphatic carbocycles. The lowest BCUT2D eigenvalue weighted by Gasteiger charge is -2.33. The molecule has 6 heteroatoms. The van der Waals surface area contributed by atoms with Crippen LogP contribution in [0.1, 0.15) is 34.5 Å². The lowest BCUT2D eigenvalue weighted by Crippen LogP contribution is -2.46. The standard InChI is InChI=1S/C21H22N4O2/c1-15-7-6-8-17(22-15)13-24-16(2)12-25-20(21(24)26)11-18(23-25)14-27-19-9-4-3-5-10-19/h3-11,16H,12-14H2,1-2H3. The van der Waals surface area contributed by atoms with Gasteiger partial charge in [0, 0.05) is 11.7 Å². The summed E-state index contributed by atoms with van der Waals surface area (Å²) in [6, 6.07) is 17.4. The number of carbonyl (C=O) groups excluding carboxylic acids is 1. The molecule has 3 heterocycles. The van der Waals surface area contributed by atoms with Crippen molar-refractivity contribution in [2.24, 2.45) is 0 Å². The number of aryl methyl sites for hydroxylation is 1. The maximum absolute atomic E-state index is 13.0. The fourth-order valence-electron chi connectivity index (χ4n) is 3.31. The molecule has 0 bridgehead atoms. The van der Waals surface area contributed by atoms with Crippen molar-refractivity contribution < 1.29 is 9.53 Å². The summed E-state index contributed by atoms with van der Waals surface area (Å²) >= 11 is 0. The predicted octanol–water partition coefficient (Wildman–Crippen LogP) is 3.21. The number of ether oxygens (including phenoxy) is 1. The van der Waals surface area contributed by atoms with Crippen LogP contribution in [0, 0.1) is 6.92 Å². The van der Waals surface area contributed by atoms with Gasteiger partial charge in [-0.25, -0.2) is 0 Å². The summed E-state index contributed by atoms with van der Waals surface area (Å²) in [5.74, 6) is 0.769. The van der Waals surface area contributed by atoms with E-state index in [2.05, 4.69) is 10.1 Å². The van der Waals surface area contributed by atoms with Gasteiger partial charge < -0.3 is 9.64 Å². The SMILES string of the molecule is Cc1cccc(CN2C(=O)c3cc(COc4ccccc4)nn3CC2C)n1. The van der Waals surface area contributed by atoms with Crippen molar-refractivity contribution in [2.75, 3.05) is 0 Å². The maximum Gasteiger partial charge on any atom is 0.272 e. The van der Waals surface area contributed by atoms with Gasteiger partial charge in [0.2, 0.25) is 0 Å². The molecular weight excluding hydrogens is 340 g/mol. The van der Waals surface area contributed by atoms with E-state index in [0.717, 1.165) is 22.8 Å².